The Hall–Kier alpha value is -0.0800. The highest BCUT2D eigenvalue weighted by Crippen LogP contribution is 2.29. The maximum atomic E-state index is 3.67. The lowest BCUT2D eigenvalue weighted by atomic mass is 9.81. The lowest BCUT2D eigenvalue weighted by Gasteiger charge is -2.39. The smallest absolute Gasteiger partial charge is 0.00671 e. The van der Waals surface area contributed by atoms with Gasteiger partial charge in [0.25, 0.3) is 0 Å². The van der Waals surface area contributed by atoms with Crippen LogP contribution in [0.3, 0.4) is 0 Å². The Kier molecular flexibility index (Phi) is 8.01. The fraction of sp³-hybridized carbons (Fsp3) is 1.00. The monoisotopic (exact) mass is 268 g/mol. The molecule has 0 amide bonds. The zero-order valence-electron chi connectivity index (χ0n) is 13.8. The van der Waals surface area contributed by atoms with Crippen molar-refractivity contribution in [2.24, 2.45) is 5.41 Å². The van der Waals surface area contributed by atoms with Crippen LogP contribution >= 0.6 is 0 Å². The molecule has 19 heavy (non-hydrogen) atoms. The highest BCUT2D eigenvalue weighted by atomic mass is 15.2. The molecule has 0 aromatic carbocycles. The molecule has 2 nitrogen and oxygen atoms in total. The zero-order chi connectivity index (χ0) is 14.1. The van der Waals surface area contributed by atoms with Crippen molar-refractivity contribution in [2.75, 3.05) is 26.2 Å². The van der Waals surface area contributed by atoms with Crippen LogP contribution in [0.25, 0.3) is 0 Å². The van der Waals surface area contributed by atoms with E-state index in [0.29, 0.717) is 5.41 Å². The first-order chi connectivity index (χ1) is 9.17. The van der Waals surface area contributed by atoms with Crippen LogP contribution in [-0.4, -0.2) is 37.1 Å². The minimum Gasteiger partial charge on any atom is -0.316 e. The minimum atomic E-state index is 0.480. The largest absolute Gasteiger partial charge is 0.316 e. The van der Waals surface area contributed by atoms with Gasteiger partial charge in [-0.2, -0.15) is 0 Å². The van der Waals surface area contributed by atoms with Gasteiger partial charge < -0.3 is 10.2 Å². The van der Waals surface area contributed by atoms with Crippen molar-refractivity contribution in [1.82, 2.24) is 10.2 Å². The van der Waals surface area contributed by atoms with Gasteiger partial charge in [0.1, 0.15) is 0 Å². The molecule has 1 atom stereocenters. The molecule has 0 bridgehead atoms. The van der Waals surface area contributed by atoms with Crippen LogP contribution in [-0.2, 0) is 0 Å². The fourth-order valence-electron chi connectivity index (χ4n) is 3.31. The second kappa shape index (κ2) is 8.97. The summed E-state index contributed by atoms with van der Waals surface area (Å²) in [7, 11) is 0. The maximum absolute atomic E-state index is 3.67. The molecule has 1 aliphatic heterocycles. The Morgan fingerprint density at radius 2 is 1.84 bits per heavy atom. The van der Waals surface area contributed by atoms with Crippen molar-refractivity contribution in [3.05, 3.63) is 0 Å². The molecule has 2 heteroatoms. The molecule has 1 heterocycles. The van der Waals surface area contributed by atoms with E-state index in [1.54, 1.807) is 0 Å². The van der Waals surface area contributed by atoms with Gasteiger partial charge in [-0.1, -0.05) is 33.6 Å². The highest BCUT2D eigenvalue weighted by Gasteiger charge is 2.30. The van der Waals surface area contributed by atoms with E-state index in [2.05, 4.69) is 37.9 Å². The lowest BCUT2D eigenvalue weighted by Crippen LogP contribution is -2.46. The number of hydrogen-bond donors (Lipinski definition) is 1. The van der Waals surface area contributed by atoms with Gasteiger partial charge in [0, 0.05) is 19.1 Å². The Balaban J connectivity index is 2.58. The molecule has 1 aliphatic rings. The molecular weight excluding hydrogens is 232 g/mol. The molecule has 0 saturated carbocycles. The quantitative estimate of drug-likeness (QED) is 0.668. The summed E-state index contributed by atoms with van der Waals surface area (Å²) in [4.78, 5) is 2.77. The second-order valence-corrected chi connectivity index (χ2v) is 6.55. The van der Waals surface area contributed by atoms with Crippen LogP contribution < -0.4 is 5.32 Å². The summed E-state index contributed by atoms with van der Waals surface area (Å²) in [6.07, 6.45) is 9.48. The van der Waals surface area contributed by atoms with Crippen molar-refractivity contribution in [3.8, 4) is 0 Å². The summed E-state index contributed by atoms with van der Waals surface area (Å²) in [6.45, 7) is 14.4. The SMILES string of the molecule is CCCNCC(CC)(CC)CN1CCCCCC1C. The second-order valence-electron chi connectivity index (χ2n) is 6.55. The van der Waals surface area contributed by atoms with Gasteiger partial charge in [0.05, 0.1) is 0 Å². The Bertz CT molecular complexity index is 223. The van der Waals surface area contributed by atoms with Gasteiger partial charge in [-0.05, 0) is 57.5 Å². The van der Waals surface area contributed by atoms with Gasteiger partial charge in [0.15, 0.2) is 0 Å². The molecule has 114 valence electrons. The van der Waals surface area contributed by atoms with Crippen LogP contribution in [0, 0.1) is 5.41 Å². The number of likely N-dealkylation sites (tertiary alicyclic amines) is 1. The minimum absolute atomic E-state index is 0.480. The van der Waals surface area contributed by atoms with Gasteiger partial charge in [-0.25, -0.2) is 0 Å². The standard InChI is InChI=1S/C17H36N2/c1-5-12-18-14-17(6-2,7-3)15-19-13-10-8-9-11-16(19)4/h16,18H,5-15H2,1-4H3. The third kappa shape index (κ3) is 5.43. The lowest BCUT2D eigenvalue weighted by molar-refractivity contribution is 0.106. The van der Waals surface area contributed by atoms with Crippen LogP contribution in [0.15, 0.2) is 0 Å². The van der Waals surface area contributed by atoms with Crippen LogP contribution in [0.1, 0.15) is 72.6 Å². The number of nitrogens with one attached hydrogen (secondary N) is 1. The molecule has 0 aromatic heterocycles. The number of nitrogens with zero attached hydrogens (tertiary/aromatic N) is 1. The van der Waals surface area contributed by atoms with E-state index < -0.39 is 0 Å². The van der Waals surface area contributed by atoms with Crippen molar-refractivity contribution < 1.29 is 0 Å². The van der Waals surface area contributed by atoms with Crippen molar-refractivity contribution in [3.63, 3.8) is 0 Å². The molecule has 1 rings (SSSR count). The molecule has 1 saturated heterocycles. The summed E-state index contributed by atoms with van der Waals surface area (Å²) < 4.78 is 0. The number of hydrogen-bond acceptors (Lipinski definition) is 2. The maximum Gasteiger partial charge on any atom is 0.00671 e. The van der Waals surface area contributed by atoms with Crippen LogP contribution in [0.4, 0.5) is 0 Å². The first-order valence-electron chi connectivity index (χ1n) is 8.62. The Labute approximate surface area is 121 Å². The number of rotatable bonds is 8. The van der Waals surface area contributed by atoms with Crippen molar-refractivity contribution in [2.45, 2.75) is 78.7 Å². The van der Waals surface area contributed by atoms with Crippen molar-refractivity contribution in [1.29, 1.82) is 0 Å². The molecular formula is C17H36N2. The molecule has 0 radical (unpaired) electrons. The predicted molar refractivity (Wildman–Crippen MR) is 85.7 cm³/mol. The van der Waals surface area contributed by atoms with Gasteiger partial charge in [-0.3, -0.25) is 0 Å². The molecule has 1 N–H and O–H groups in total. The average molecular weight is 268 g/mol. The molecule has 0 spiro atoms. The normalized spacial score (nSPS) is 22.4. The first-order valence-corrected chi connectivity index (χ1v) is 8.62. The molecule has 1 fully saturated rings. The van der Waals surface area contributed by atoms with E-state index in [1.165, 1.54) is 64.6 Å². The Morgan fingerprint density at radius 1 is 1.11 bits per heavy atom. The van der Waals surface area contributed by atoms with E-state index in [0.717, 1.165) is 12.6 Å². The summed E-state index contributed by atoms with van der Waals surface area (Å²) in [6, 6.07) is 0.783. The van der Waals surface area contributed by atoms with Crippen LogP contribution in [0.5, 0.6) is 0 Å². The van der Waals surface area contributed by atoms with E-state index in [1.807, 2.05) is 0 Å². The molecule has 1 unspecified atom stereocenters. The van der Waals surface area contributed by atoms with E-state index in [4.69, 9.17) is 0 Å². The van der Waals surface area contributed by atoms with Gasteiger partial charge in [0.2, 0.25) is 0 Å². The summed E-state index contributed by atoms with van der Waals surface area (Å²) in [5.74, 6) is 0. The highest BCUT2D eigenvalue weighted by molar-refractivity contribution is 4.85. The summed E-state index contributed by atoms with van der Waals surface area (Å²) in [5.41, 5.74) is 0.480. The van der Waals surface area contributed by atoms with E-state index in [9.17, 15) is 0 Å². The molecule has 0 aromatic rings. The average Bonchev–Trinajstić information content (AvgIpc) is 2.63. The zero-order valence-corrected chi connectivity index (χ0v) is 13.8. The topological polar surface area (TPSA) is 15.3 Å². The third-order valence-electron chi connectivity index (χ3n) is 5.16. The van der Waals surface area contributed by atoms with Crippen LogP contribution in [0.2, 0.25) is 0 Å². The Morgan fingerprint density at radius 3 is 2.47 bits per heavy atom. The van der Waals surface area contributed by atoms with E-state index >= 15 is 0 Å². The van der Waals surface area contributed by atoms with E-state index in [-0.39, 0.29) is 0 Å². The summed E-state index contributed by atoms with van der Waals surface area (Å²) in [5, 5.41) is 3.67. The predicted octanol–water partition coefficient (Wildman–Crippen LogP) is 4.06. The summed E-state index contributed by atoms with van der Waals surface area (Å²) >= 11 is 0. The molecule has 0 aliphatic carbocycles. The third-order valence-corrected chi connectivity index (χ3v) is 5.16. The fourth-order valence-corrected chi connectivity index (χ4v) is 3.31. The van der Waals surface area contributed by atoms with Crippen molar-refractivity contribution >= 4 is 0 Å². The first kappa shape index (κ1) is 17.0. The van der Waals surface area contributed by atoms with Gasteiger partial charge >= 0.3 is 0 Å². The van der Waals surface area contributed by atoms with Gasteiger partial charge in [-0.15, -0.1) is 0 Å².